The van der Waals surface area contributed by atoms with Gasteiger partial charge < -0.3 is 4.90 Å². The first-order valence-corrected chi connectivity index (χ1v) is 10.2. The highest BCUT2D eigenvalue weighted by Gasteiger charge is 2.47. The van der Waals surface area contributed by atoms with Gasteiger partial charge in [-0.25, -0.2) is 9.83 Å². The zero-order valence-corrected chi connectivity index (χ0v) is 17.5. The maximum absolute atomic E-state index is 13.9. The zero-order valence-electron chi connectivity index (χ0n) is 17.5. The molecule has 0 spiro atoms. The van der Waals surface area contributed by atoms with Crippen molar-refractivity contribution in [2.45, 2.75) is 24.9 Å². The van der Waals surface area contributed by atoms with Crippen LogP contribution < -0.4 is 4.90 Å². The third-order valence-electron chi connectivity index (χ3n) is 5.64. The number of benzene rings is 1. The summed E-state index contributed by atoms with van der Waals surface area (Å²) in [6.07, 6.45) is -7.04. The van der Waals surface area contributed by atoms with Gasteiger partial charge in [0, 0.05) is 37.9 Å². The SMILES string of the molecule is [C-]#[N+]c1ccc(-c2[nH]ncc2CN2CCN(c3ccc(C(F)(F)F)cn3)C[C@H]2C(F)(F)F)cc1. The predicted molar refractivity (Wildman–Crippen MR) is 112 cm³/mol. The highest BCUT2D eigenvalue weighted by molar-refractivity contribution is 5.65. The standard InChI is InChI=1S/C22H18F6N6/c1-29-17-5-2-14(3-6-17)20-15(10-31-32-20)12-33-8-9-34(13-18(33)22(26,27)28)19-7-4-16(11-30-19)21(23,24)25/h2-7,10-11,18H,8-9,12-13H2,(H,31,32)/t18-/m0/s1. The van der Waals surface area contributed by atoms with Crippen LogP contribution in [0.25, 0.3) is 16.1 Å². The Morgan fingerprint density at radius 2 is 1.74 bits per heavy atom. The summed E-state index contributed by atoms with van der Waals surface area (Å²) >= 11 is 0. The summed E-state index contributed by atoms with van der Waals surface area (Å²) in [5, 5.41) is 6.79. The van der Waals surface area contributed by atoms with Gasteiger partial charge in [0.25, 0.3) is 0 Å². The summed E-state index contributed by atoms with van der Waals surface area (Å²) in [5.41, 5.74) is 1.29. The molecule has 6 nitrogen and oxygen atoms in total. The number of piperazine rings is 1. The van der Waals surface area contributed by atoms with Gasteiger partial charge in [-0.1, -0.05) is 24.3 Å². The van der Waals surface area contributed by atoms with E-state index in [-0.39, 0.29) is 25.5 Å². The molecule has 2 aromatic heterocycles. The van der Waals surface area contributed by atoms with Crippen LogP contribution in [-0.4, -0.2) is 51.9 Å². The molecule has 3 aromatic rings. The van der Waals surface area contributed by atoms with E-state index in [0.29, 0.717) is 28.7 Å². The molecule has 0 amide bonds. The second kappa shape index (κ2) is 8.98. The third kappa shape index (κ3) is 4.99. The van der Waals surface area contributed by atoms with Crippen LogP contribution >= 0.6 is 0 Å². The Morgan fingerprint density at radius 1 is 1.00 bits per heavy atom. The van der Waals surface area contributed by atoms with Gasteiger partial charge in [-0.3, -0.25) is 10.00 Å². The van der Waals surface area contributed by atoms with E-state index >= 15 is 0 Å². The average Bonchev–Trinajstić information content (AvgIpc) is 3.26. The molecule has 1 atom stereocenters. The highest BCUT2D eigenvalue weighted by Crippen LogP contribution is 2.33. The fraction of sp³-hybridized carbons (Fsp3) is 0.318. The van der Waals surface area contributed by atoms with Crippen LogP contribution in [0.2, 0.25) is 0 Å². The second-order valence-corrected chi connectivity index (χ2v) is 7.81. The summed E-state index contributed by atoms with van der Waals surface area (Å²) in [6.45, 7) is 6.72. The molecule has 1 N–H and O–H groups in total. The van der Waals surface area contributed by atoms with Gasteiger partial charge in [0.2, 0.25) is 0 Å². The van der Waals surface area contributed by atoms with E-state index in [1.54, 1.807) is 24.3 Å². The topological polar surface area (TPSA) is 52.4 Å². The van der Waals surface area contributed by atoms with Crippen LogP contribution in [0.15, 0.2) is 48.8 Å². The minimum atomic E-state index is -4.57. The van der Waals surface area contributed by atoms with Crippen molar-refractivity contribution in [3.63, 3.8) is 0 Å². The molecule has 1 aromatic carbocycles. The normalized spacial score (nSPS) is 17.6. The first-order valence-electron chi connectivity index (χ1n) is 10.2. The van der Waals surface area contributed by atoms with Crippen LogP contribution in [0.4, 0.5) is 37.8 Å². The Hall–Kier alpha value is -3.59. The largest absolute Gasteiger partial charge is 0.417 e. The summed E-state index contributed by atoms with van der Waals surface area (Å²) in [7, 11) is 0. The number of alkyl halides is 6. The molecule has 1 aliphatic heterocycles. The fourth-order valence-corrected chi connectivity index (χ4v) is 3.87. The van der Waals surface area contributed by atoms with Gasteiger partial charge in [-0.15, -0.1) is 0 Å². The van der Waals surface area contributed by atoms with E-state index in [0.717, 1.165) is 12.1 Å². The Bertz CT molecular complexity index is 1160. The first-order chi connectivity index (χ1) is 16.1. The number of halogens is 6. The number of aromatic amines is 1. The van der Waals surface area contributed by atoms with Crippen LogP contribution in [0.1, 0.15) is 11.1 Å². The summed E-state index contributed by atoms with van der Waals surface area (Å²) in [4.78, 5) is 9.68. The van der Waals surface area contributed by atoms with E-state index in [2.05, 4.69) is 20.0 Å². The lowest BCUT2D eigenvalue weighted by atomic mass is 10.1. The monoisotopic (exact) mass is 480 g/mol. The quantitative estimate of drug-likeness (QED) is 0.407. The minimum Gasteiger partial charge on any atom is -0.353 e. The Kier molecular flexibility index (Phi) is 6.22. The molecule has 0 unspecified atom stereocenters. The maximum Gasteiger partial charge on any atom is 0.417 e. The van der Waals surface area contributed by atoms with Crippen molar-refractivity contribution < 1.29 is 26.3 Å². The maximum atomic E-state index is 13.9. The molecule has 0 radical (unpaired) electrons. The molecule has 0 saturated carbocycles. The van der Waals surface area contributed by atoms with Gasteiger partial charge >= 0.3 is 12.4 Å². The van der Waals surface area contributed by atoms with Crippen molar-refractivity contribution >= 4 is 11.5 Å². The van der Waals surface area contributed by atoms with E-state index in [4.69, 9.17) is 6.57 Å². The number of hydrogen-bond donors (Lipinski definition) is 1. The number of H-pyrrole nitrogens is 1. The van der Waals surface area contributed by atoms with Crippen molar-refractivity contribution in [2.24, 2.45) is 0 Å². The molecule has 0 aliphatic carbocycles. The molecule has 1 saturated heterocycles. The lowest BCUT2D eigenvalue weighted by Crippen LogP contribution is -2.58. The van der Waals surface area contributed by atoms with Crippen LogP contribution in [0.3, 0.4) is 0 Å². The number of rotatable bonds is 4. The molecular formula is C22H18F6N6. The fourth-order valence-electron chi connectivity index (χ4n) is 3.87. The molecule has 3 heterocycles. The van der Waals surface area contributed by atoms with Crippen LogP contribution in [0, 0.1) is 6.57 Å². The minimum absolute atomic E-state index is 0.0220. The Balaban J connectivity index is 1.53. The van der Waals surface area contributed by atoms with Gasteiger partial charge in [-0.2, -0.15) is 31.4 Å². The van der Waals surface area contributed by atoms with E-state index < -0.39 is 30.5 Å². The van der Waals surface area contributed by atoms with Crippen LogP contribution in [-0.2, 0) is 12.7 Å². The van der Waals surface area contributed by atoms with E-state index in [1.165, 1.54) is 16.0 Å². The smallest absolute Gasteiger partial charge is 0.353 e. The Morgan fingerprint density at radius 3 is 2.32 bits per heavy atom. The molecule has 4 rings (SSSR count). The lowest BCUT2D eigenvalue weighted by Gasteiger charge is -2.42. The van der Waals surface area contributed by atoms with Crippen molar-refractivity contribution in [3.05, 3.63) is 71.3 Å². The lowest BCUT2D eigenvalue weighted by molar-refractivity contribution is -0.186. The molecule has 34 heavy (non-hydrogen) atoms. The molecule has 1 fully saturated rings. The highest BCUT2D eigenvalue weighted by atomic mass is 19.4. The molecule has 1 aliphatic rings. The first kappa shape index (κ1) is 23.6. The third-order valence-corrected chi connectivity index (χ3v) is 5.64. The Labute approximate surface area is 190 Å². The molecule has 12 heteroatoms. The van der Waals surface area contributed by atoms with Gasteiger partial charge in [0.1, 0.15) is 11.9 Å². The molecule has 178 valence electrons. The number of anilines is 1. The zero-order chi connectivity index (χ0) is 24.5. The molecule has 0 bridgehead atoms. The number of nitrogens with one attached hydrogen (secondary N) is 1. The van der Waals surface area contributed by atoms with Crippen molar-refractivity contribution in [1.29, 1.82) is 0 Å². The van der Waals surface area contributed by atoms with Gasteiger partial charge in [0.05, 0.1) is 24.0 Å². The van der Waals surface area contributed by atoms with Crippen LogP contribution in [0.5, 0.6) is 0 Å². The molecular weight excluding hydrogens is 462 g/mol. The summed E-state index contributed by atoms with van der Waals surface area (Å²) in [6, 6.07) is 6.67. The number of aromatic nitrogens is 3. The number of pyridine rings is 1. The van der Waals surface area contributed by atoms with E-state index in [1.807, 2.05) is 0 Å². The average molecular weight is 480 g/mol. The van der Waals surface area contributed by atoms with Gasteiger partial charge in [-0.05, 0) is 17.7 Å². The van der Waals surface area contributed by atoms with Crippen molar-refractivity contribution in [3.8, 4) is 11.3 Å². The number of hydrogen-bond acceptors (Lipinski definition) is 4. The van der Waals surface area contributed by atoms with E-state index in [9.17, 15) is 26.3 Å². The number of nitrogens with zero attached hydrogens (tertiary/aromatic N) is 5. The van der Waals surface area contributed by atoms with Gasteiger partial charge in [0.15, 0.2) is 5.69 Å². The summed E-state index contributed by atoms with van der Waals surface area (Å²) < 4.78 is 80.2. The second-order valence-electron chi connectivity index (χ2n) is 7.81. The van der Waals surface area contributed by atoms with Crippen molar-refractivity contribution in [2.75, 3.05) is 24.5 Å². The summed E-state index contributed by atoms with van der Waals surface area (Å²) in [5.74, 6) is 0.0609. The van der Waals surface area contributed by atoms with Crippen molar-refractivity contribution in [1.82, 2.24) is 20.1 Å². The predicted octanol–water partition coefficient (Wildman–Crippen LogP) is 5.29.